The van der Waals surface area contributed by atoms with Crippen LogP contribution < -0.4 is 10.1 Å². The third-order valence-electron chi connectivity index (χ3n) is 5.07. The first-order valence-electron chi connectivity index (χ1n) is 9.83. The molecule has 10 heteroatoms. The number of rotatable bonds is 6. The quantitative estimate of drug-likeness (QED) is 0.422. The second kappa shape index (κ2) is 8.84. The maximum absolute atomic E-state index is 12.7. The van der Waals surface area contributed by atoms with Gasteiger partial charge in [-0.2, -0.15) is 5.10 Å². The number of hydrazone groups is 1. The van der Waals surface area contributed by atoms with E-state index in [1.807, 2.05) is 0 Å². The maximum Gasteiger partial charge on any atom is 0.295 e. The van der Waals surface area contributed by atoms with Crippen molar-refractivity contribution in [3.63, 3.8) is 0 Å². The summed E-state index contributed by atoms with van der Waals surface area (Å²) in [7, 11) is -4.02. The number of anilines is 2. The fourth-order valence-corrected chi connectivity index (χ4v) is 5.20. The van der Waals surface area contributed by atoms with Crippen LogP contribution in [0, 0.1) is 21.4 Å². The standard InChI is InChI=1S/C21H25ClN4O4S/c1-14-10-17(13-21(2,3)12-14)23-24-19-9-8-18(11-20(19)26(27)28)31(29,30)25-16-6-4-15(22)5-7-16/h4-9,11,14,24-25H,10,12-13H2,1-3H3. The molecule has 0 aliphatic heterocycles. The van der Waals surface area contributed by atoms with Gasteiger partial charge in [-0.05, 0) is 67.0 Å². The number of hydrogen-bond donors (Lipinski definition) is 2. The highest BCUT2D eigenvalue weighted by atomic mass is 35.5. The van der Waals surface area contributed by atoms with E-state index in [4.69, 9.17) is 11.6 Å². The van der Waals surface area contributed by atoms with Crippen molar-refractivity contribution >= 4 is 44.4 Å². The average Bonchev–Trinajstić information content (AvgIpc) is 2.66. The molecule has 0 aromatic heterocycles. The summed E-state index contributed by atoms with van der Waals surface area (Å²) in [5, 5.41) is 16.4. The highest BCUT2D eigenvalue weighted by Crippen LogP contribution is 2.37. The maximum atomic E-state index is 12.7. The Morgan fingerprint density at radius 3 is 2.48 bits per heavy atom. The SMILES string of the molecule is CC1CC(=NNc2ccc(S(=O)(=O)Nc3ccc(Cl)cc3)cc2[N+](=O)[O-])CC(C)(C)C1. The summed E-state index contributed by atoms with van der Waals surface area (Å²) in [5.74, 6) is 0.478. The molecule has 0 heterocycles. The van der Waals surface area contributed by atoms with Crippen LogP contribution in [0.1, 0.15) is 40.0 Å². The summed E-state index contributed by atoms with van der Waals surface area (Å²) in [4.78, 5) is 10.7. The van der Waals surface area contributed by atoms with Gasteiger partial charge in [0.1, 0.15) is 5.69 Å². The van der Waals surface area contributed by atoms with Crippen LogP contribution in [0.15, 0.2) is 52.5 Å². The molecule has 2 aromatic rings. The topological polar surface area (TPSA) is 114 Å². The summed E-state index contributed by atoms with van der Waals surface area (Å²) in [6.07, 6.45) is 2.72. The smallest absolute Gasteiger partial charge is 0.280 e. The summed E-state index contributed by atoms with van der Waals surface area (Å²) in [6.45, 7) is 6.51. The van der Waals surface area contributed by atoms with Gasteiger partial charge in [0.2, 0.25) is 0 Å². The minimum atomic E-state index is -4.02. The number of sulfonamides is 1. The molecule has 0 radical (unpaired) electrons. The third kappa shape index (κ3) is 5.95. The largest absolute Gasteiger partial charge is 0.295 e. The molecule has 1 atom stereocenters. The molecule has 1 fully saturated rings. The molecular weight excluding hydrogens is 440 g/mol. The van der Waals surface area contributed by atoms with E-state index in [9.17, 15) is 18.5 Å². The molecule has 3 rings (SSSR count). The van der Waals surface area contributed by atoms with Gasteiger partial charge in [-0.15, -0.1) is 0 Å². The molecule has 0 saturated heterocycles. The van der Waals surface area contributed by atoms with Crippen LogP contribution in [-0.4, -0.2) is 19.1 Å². The van der Waals surface area contributed by atoms with E-state index in [-0.39, 0.29) is 21.7 Å². The Hall–Kier alpha value is -2.65. The monoisotopic (exact) mass is 464 g/mol. The van der Waals surface area contributed by atoms with Gasteiger partial charge in [-0.3, -0.25) is 20.3 Å². The van der Waals surface area contributed by atoms with E-state index in [1.54, 1.807) is 12.1 Å². The van der Waals surface area contributed by atoms with Gasteiger partial charge in [0, 0.05) is 22.5 Å². The van der Waals surface area contributed by atoms with Crippen LogP contribution in [-0.2, 0) is 10.0 Å². The molecule has 1 aliphatic carbocycles. The Bertz CT molecular complexity index is 1110. The molecule has 0 spiro atoms. The molecule has 2 aromatic carbocycles. The van der Waals surface area contributed by atoms with E-state index in [0.717, 1.165) is 31.0 Å². The second-order valence-electron chi connectivity index (χ2n) is 8.69. The number of nitro benzene ring substituents is 1. The number of nitrogens with zero attached hydrogens (tertiary/aromatic N) is 2. The molecule has 31 heavy (non-hydrogen) atoms. The summed E-state index contributed by atoms with van der Waals surface area (Å²) in [6, 6.07) is 9.79. The first-order valence-corrected chi connectivity index (χ1v) is 11.7. The van der Waals surface area contributed by atoms with E-state index in [0.29, 0.717) is 16.6 Å². The minimum absolute atomic E-state index is 0.120. The van der Waals surface area contributed by atoms with Crippen LogP contribution in [0.4, 0.5) is 17.1 Å². The van der Waals surface area contributed by atoms with Gasteiger partial charge in [0.15, 0.2) is 0 Å². The van der Waals surface area contributed by atoms with E-state index in [1.165, 1.54) is 24.3 Å². The number of nitro groups is 1. The van der Waals surface area contributed by atoms with Crippen LogP contribution >= 0.6 is 11.6 Å². The predicted octanol–water partition coefficient (Wildman–Crippen LogP) is 5.66. The van der Waals surface area contributed by atoms with Crippen LogP contribution in [0.3, 0.4) is 0 Å². The first kappa shape index (κ1) is 23.0. The van der Waals surface area contributed by atoms with Crippen molar-refractivity contribution in [2.75, 3.05) is 10.1 Å². The first-order chi connectivity index (χ1) is 14.4. The fraction of sp³-hybridized carbons (Fsp3) is 0.381. The third-order valence-corrected chi connectivity index (χ3v) is 6.71. The van der Waals surface area contributed by atoms with Crippen molar-refractivity contribution in [2.24, 2.45) is 16.4 Å². The van der Waals surface area contributed by atoms with Gasteiger partial charge >= 0.3 is 0 Å². The Labute approximate surface area is 186 Å². The Morgan fingerprint density at radius 1 is 1.19 bits per heavy atom. The molecule has 1 aliphatic rings. The van der Waals surface area contributed by atoms with Gasteiger partial charge in [-0.25, -0.2) is 8.42 Å². The van der Waals surface area contributed by atoms with E-state index < -0.39 is 14.9 Å². The van der Waals surface area contributed by atoms with Gasteiger partial charge in [0.05, 0.1) is 9.82 Å². The lowest BCUT2D eigenvalue weighted by Crippen LogP contribution is -2.28. The van der Waals surface area contributed by atoms with Crippen LogP contribution in [0.2, 0.25) is 5.02 Å². The molecule has 166 valence electrons. The number of halogens is 1. The number of nitrogens with one attached hydrogen (secondary N) is 2. The molecule has 0 amide bonds. The summed E-state index contributed by atoms with van der Waals surface area (Å²) >= 11 is 5.81. The predicted molar refractivity (Wildman–Crippen MR) is 123 cm³/mol. The van der Waals surface area contributed by atoms with Crippen molar-refractivity contribution in [3.8, 4) is 0 Å². The zero-order chi connectivity index (χ0) is 22.8. The van der Waals surface area contributed by atoms with Crippen molar-refractivity contribution in [2.45, 2.75) is 44.9 Å². The lowest BCUT2D eigenvalue weighted by atomic mass is 9.72. The highest BCUT2D eigenvalue weighted by Gasteiger charge is 2.30. The molecule has 0 bridgehead atoms. The zero-order valence-corrected chi connectivity index (χ0v) is 19.1. The Balaban J connectivity index is 1.85. The van der Waals surface area contributed by atoms with E-state index >= 15 is 0 Å². The molecule has 1 unspecified atom stereocenters. The average molecular weight is 465 g/mol. The lowest BCUT2D eigenvalue weighted by Gasteiger charge is -2.34. The number of benzene rings is 2. The van der Waals surface area contributed by atoms with Crippen molar-refractivity contribution < 1.29 is 13.3 Å². The van der Waals surface area contributed by atoms with Crippen molar-refractivity contribution in [1.29, 1.82) is 0 Å². The Kier molecular flexibility index (Phi) is 6.56. The summed E-state index contributed by atoms with van der Waals surface area (Å²) < 4.78 is 27.7. The van der Waals surface area contributed by atoms with Crippen LogP contribution in [0.25, 0.3) is 0 Å². The number of hydrogen-bond acceptors (Lipinski definition) is 6. The fourth-order valence-electron chi connectivity index (χ4n) is 4.00. The second-order valence-corrected chi connectivity index (χ2v) is 10.8. The Morgan fingerprint density at radius 2 is 1.87 bits per heavy atom. The highest BCUT2D eigenvalue weighted by molar-refractivity contribution is 7.92. The van der Waals surface area contributed by atoms with Gasteiger partial charge in [-0.1, -0.05) is 32.4 Å². The lowest BCUT2D eigenvalue weighted by molar-refractivity contribution is -0.384. The van der Waals surface area contributed by atoms with Gasteiger partial charge < -0.3 is 0 Å². The molecule has 8 nitrogen and oxygen atoms in total. The molecular formula is C21H25ClN4O4S. The van der Waals surface area contributed by atoms with E-state index in [2.05, 4.69) is 36.0 Å². The minimum Gasteiger partial charge on any atom is -0.280 e. The van der Waals surface area contributed by atoms with Crippen LogP contribution in [0.5, 0.6) is 0 Å². The zero-order valence-electron chi connectivity index (χ0n) is 17.6. The van der Waals surface area contributed by atoms with Crippen molar-refractivity contribution in [3.05, 3.63) is 57.6 Å². The van der Waals surface area contributed by atoms with Gasteiger partial charge in [0.25, 0.3) is 15.7 Å². The van der Waals surface area contributed by atoms with Crippen molar-refractivity contribution in [1.82, 2.24) is 0 Å². The molecule has 1 saturated carbocycles. The molecule has 2 N–H and O–H groups in total. The summed E-state index contributed by atoms with van der Waals surface area (Å²) in [5.41, 5.74) is 3.91. The normalized spacial score (nSPS) is 19.7.